The molecule has 1 rings (SSSR count). The number of rotatable bonds is 1. The van der Waals surface area contributed by atoms with E-state index in [9.17, 15) is 0 Å². The van der Waals surface area contributed by atoms with E-state index in [1.54, 1.807) is 17.6 Å². The van der Waals surface area contributed by atoms with E-state index in [2.05, 4.69) is 19.2 Å². The van der Waals surface area contributed by atoms with Crippen LogP contribution in [-0.4, -0.2) is 0 Å². The number of anilines is 1. The van der Waals surface area contributed by atoms with Gasteiger partial charge < -0.3 is 5.73 Å². The van der Waals surface area contributed by atoms with Gasteiger partial charge in [0.1, 0.15) is 0 Å². The van der Waals surface area contributed by atoms with Gasteiger partial charge in [0.2, 0.25) is 0 Å². The fourth-order valence-electron chi connectivity index (χ4n) is 0.514. The van der Waals surface area contributed by atoms with Gasteiger partial charge in [-0.25, -0.2) is 0 Å². The first-order valence-electron chi connectivity index (χ1n) is 3.53. The third-order valence-electron chi connectivity index (χ3n) is 1.02. The number of nitrogens with two attached hydrogens (primary N) is 1. The van der Waals surface area contributed by atoms with Gasteiger partial charge in [0.15, 0.2) is 0 Å². The highest BCUT2D eigenvalue weighted by Crippen LogP contribution is 1.95. The summed E-state index contributed by atoms with van der Waals surface area (Å²) in [7, 11) is 0. The van der Waals surface area contributed by atoms with Crippen molar-refractivity contribution in [1.29, 1.82) is 0 Å². The normalized spacial score (nSPS) is 8.75. The minimum Gasteiger partial charge on any atom is -0.399 e. The molecule has 0 aliphatic rings. The Morgan fingerprint density at radius 1 is 1.25 bits per heavy atom. The van der Waals surface area contributed by atoms with Crippen LogP contribution in [0, 0.1) is 0 Å². The molecule has 0 aromatic heterocycles. The summed E-state index contributed by atoms with van der Waals surface area (Å²) in [6.45, 7) is 3.41. The van der Waals surface area contributed by atoms with E-state index in [0.717, 1.165) is 5.69 Å². The zero-order valence-electron chi connectivity index (χ0n) is 6.85. The Labute approximate surface area is 79.0 Å². The smallest absolute Gasteiger partial charge is 0.0313 e. The molecule has 0 atom stereocenters. The Morgan fingerprint density at radius 2 is 1.83 bits per heavy atom. The average Bonchev–Trinajstić information content (AvgIpc) is 2.08. The van der Waals surface area contributed by atoms with Crippen LogP contribution in [0.1, 0.15) is 0 Å². The van der Waals surface area contributed by atoms with Crippen molar-refractivity contribution in [3.63, 3.8) is 0 Å². The van der Waals surface area contributed by atoms with E-state index >= 15 is 0 Å². The fraction of sp³-hybridized carbons (Fsp3) is 0. The van der Waals surface area contributed by atoms with Crippen LogP contribution in [0.2, 0.25) is 0 Å². The largest absolute Gasteiger partial charge is 0.399 e. The second kappa shape index (κ2) is 7.95. The van der Waals surface area contributed by atoms with Gasteiger partial charge in [-0.1, -0.05) is 36.9 Å². The van der Waals surface area contributed by atoms with Crippen molar-refractivity contribution in [1.82, 2.24) is 0 Å². The van der Waals surface area contributed by atoms with Crippen LogP contribution >= 0.6 is 12.6 Å². The van der Waals surface area contributed by atoms with Gasteiger partial charge >= 0.3 is 0 Å². The lowest BCUT2D eigenvalue weighted by Crippen LogP contribution is -1.79. The Balaban J connectivity index is 0.000000217. The highest BCUT2D eigenvalue weighted by Gasteiger charge is 1.72. The SMILES string of the molecule is C=CC=CS.Nc1ccccc1. The Hall–Kier alpha value is -1.15. The van der Waals surface area contributed by atoms with Gasteiger partial charge in [-0.15, -0.1) is 0 Å². The van der Waals surface area contributed by atoms with Crippen LogP contribution in [0.15, 0.2) is 54.5 Å². The van der Waals surface area contributed by atoms with Gasteiger partial charge in [-0.3, -0.25) is 0 Å². The summed E-state index contributed by atoms with van der Waals surface area (Å²) in [5, 5.41) is 1.63. The monoisotopic (exact) mass is 179 g/mol. The van der Waals surface area contributed by atoms with Crippen molar-refractivity contribution in [2.24, 2.45) is 0 Å². The molecular weight excluding hydrogens is 166 g/mol. The molecule has 2 heteroatoms. The molecule has 0 heterocycles. The van der Waals surface area contributed by atoms with E-state index in [1.807, 2.05) is 30.3 Å². The Kier molecular flexibility index (Phi) is 7.19. The van der Waals surface area contributed by atoms with E-state index in [1.165, 1.54) is 0 Å². The molecule has 64 valence electrons. The van der Waals surface area contributed by atoms with Gasteiger partial charge in [0.05, 0.1) is 0 Å². The zero-order valence-corrected chi connectivity index (χ0v) is 7.74. The molecule has 0 fully saturated rings. The summed E-state index contributed by atoms with van der Waals surface area (Å²) in [6.07, 6.45) is 3.43. The molecule has 0 saturated carbocycles. The number of nitrogen functional groups attached to an aromatic ring is 1. The first kappa shape index (κ1) is 10.8. The molecule has 0 unspecified atom stereocenters. The fourth-order valence-corrected chi connectivity index (χ4v) is 0.636. The van der Waals surface area contributed by atoms with E-state index in [4.69, 9.17) is 5.73 Å². The van der Waals surface area contributed by atoms with E-state index in [-0.39, 0.29) is 0 Å². The molecule has 0 aliphatic heterocycles. The van der Waals surface area contributed by atoms with Crippen molar-refractivity contribution in [3.05, 3.63) is 54.5 Å². The minimum absolute atomic E-state index is 0.822. The quantitative estimate of drug-likeness (QED) is 0.387. The summed E-state index contributed by atoms with van der Waals surface area (Å²) in [5.74, 6) is 0. The molecule has 1 aromatic carbocycles. The molecule has 0 bridgehead atoms. The molecule has 1 aromatic rings. The molecule has 12 heavy (non-hydrogen) atoms. The molecule has 2 N–H and O–H groups in total. The summed E-state index contributed by atoms with van der Waals surface area (Å²) < 4.78 is 0. The van der Waals surface area contributed by atoms with Crippen molar-refractivity contribution in [3.8, 4) is 0 Å². The lowest BCUT2D eigenvalue weighted by molar-refractivity contribution is 1.69. The maximum Gasteiger partial charge on any atom is 0.0313 e. The molecule has 0 spiro atoms. The third-order valence-corrected chi connectivity index (χ3v) is 1.19. The van der Waals surface area contributed by atoms with Gasteiger partial charge in [-0.05, 0) is 17.5 Å². The van der Waals surface area contributed by atoms with Gasteiger partial charge in [-0.2, -0.15) is 12.6 Å². The van der Waals surface area contributed by atoms with Crippen LogP contribution in [0.25, 0.3) is 0 Å². The predicted octanol–water partition coefficient (Wildman–Crippen LogP) is 2.88. The van der Waals surface area contributed by atoms with Crippen molar-refractivity contribution >= 4 is 18.3 Å². The molecular formula is C10H13NS. The van der Waals surface area contributed by atoms with Crippen molar-refractivity contribution in [2.45, 2.75) is 0 Å². The molecule has 0 saturated heterocycles. The van der Waals surface area contributed by atoms with Crippen molar-refractivity contribution in [2.75, 3.05) is 5.73 Å². The standard InChI is InChI=1S/C6H7N.C4H6S/c7-6-4-2-1-3-5-6;1-2-3-4-5/h1-5H,7H2;2-5H,1H2. The van der Waals surface area contributed by atoms with E-state index < -0.39 is 0 Å². The first-order chi connectivity index (χ1) is 5.81. The Bertz CT molecular complexity index is 229. The summed E-state index contributed by atoms with van der Waals surface area (Å²) in [6, 6.07) is 9.49. The Morgan fingerprint density at radius 3 is 2.00 bits per heavy atom. The van der Waals surface area contributed by atoms with Crippen LogP contribution < -0.4 is 5.73 Å². The molecule has 0 aliphatic carbocycles. The summed E-state index contributed by atoms with van der Waals surface area (Å²) in [5.41, 5.74) is 6.18. The van der Waals surface area contributed by atoms with E-state index in [0.29, 0.717) is 0 Å². The maximum absolute atomic E-state index is 5.36. The first-order valence-corrected chi connectivity index (χ1v) is 4.05. The minimum atomic E-state index is 0.822. The predicted molar refractivity (Wildman–Crippen MR) is 59.2 cm³/mol. The summed E-state index contributed by atoms with van der Waals surface area (Å²) >= 11 is 3.75. The van der Waals surface area contributed by atoms with Crippen molar-refractivity contribution < 1.29 is 0 Å². The highest BCUT2D eigenvalue weighted by molar-refractivity contribution is 7.83. The number of hydrogen-bond donors (Lipinski definition) is 2. The zero-order chi connectivity index (χ0) is 9.23. The number of benzene rings is 1. The molecule has 0 radical (unpaired) electrons. The third kappa shape index (κ3) is 6.96. The van der Waals surface area contributed by atoms with Crippen LogP contribution in [0.4, 0.5) is 5.69 Å². The van der Waals surface area contributed by atoms with Crippen LogP contribution in [-0.2, 0) is 0 Å². The lowest BCUT2D eigenvalue weighted by atomic mass is 10.3. The second-order valence-corrected chi connectivity index (χ2v) is 2.29. The molecule has 1 nitrogen and oxygen atoms in total. The highest BCUT2D eigenvalue weighted by atomic mass is 32.1. The van der Waals surface area contributed by atoms with Gasteiger partial charge in [0, 0.05) is 5.69 Å². The number of hydrogen-bond acceptors (Lipinski definition) is 2. The molecule has 0 amide bonds. The maximum atomic E-state index is 5.36. The number of allylic oxidation sites excluding steroid dienone is 2. The lowest BCUT2D eigenvalue weighted by Gasteiger charge is -1.83. The topological polar surface area (TPSA) is 26.0 Å². The summed E-state index contributed by atoms with van der Waals surface area (Å²) in [4.78, 5) is 0. The van der Waals surface area contributed by atoms with Crippen LogP contribution in [0.3, 0.4) is 0 Å². The van der Waals surface area contributed by atoms with Gasteiger partial charge in [0.25, 0.3) is 0 Å². The average molecular weight is 179 g/mol. The number of para-hydroxylation sites is 1. The second-order valence-electron chi connectivity index (χ2n) is 1.99. The van der Waals surface area contributed by atoms with Crippen LogP contribution in [0.5, 0.6) is 0 Å². The number of thiol groups is 1.